The van der Waals surface area contributed by atoms with E-state index in [-0.39, 0.29) is 160 Å². The van der Waals surface area contributed by atoms with Gasteiger partial charge in [0, 0.05) is 130 Å². The van der Waals surface area contributed by atoms with Crippen molar-refractivity contribution in [3.63, 3.8) is 0 Å². The summed E-state index contributed by atoms with van der Waals surface area (Å²) in [4.78, 5) is 156. The van der Waals surface area contributed by atoms with Gasteiger partial charge in [-0.05, 0) is 94.0 Å². The number of hydrogen-bond acceptors (Lipinski definition) is 34. The molecular weight excluding hydrogens is 1830 g/mol. The van der Waals surface area contributed by atoms with Gasteiger partial charge >= 0.3 is 5.97 Å². The van der Waals surface area contributed by atoms with E-state index in [1.165, 1.54) is 41.9 Å². The number of aliphatic hydroxyl groups is 1. The molecule has 43 heteroatoms. The molecule has 7 N–H and O–H groups in total. The number of rotatable bonds is 78. The number of hydrogen-bond donors (Lipinski definition) is 7. The summed E-state index contributed by atoms with van der Waals surface area (Å²) in [6.45, 7) is 29.1. The lowest BCUT2D eigenvalue weighted by Gasteiger charge is -2.31. The minimum Gasteiger partial charge on any atom is -0.460 e. The van der Waals surface area contributed by atoms with E-state index >= 15 is 4.79 Å². The Morgan fingerprint density at radius 3 is 1.46 bits per heavy atom. The van der Waals surface area contributed by atoms with Gasteiger partial charge in [0.05, 0.1) is 298 Å². The van der Waals surface area contributed by atoms with Crippen molar-refractivity contribution >= 4 is 98.4 Å². The standard InChI is InChI=1S/C97H148N12O31/c1-9-75-69(2)79-67-83-76(11-15-89(116)140-65-64-139-43-38-126-33-26-110)70(3)78(103-83)66-80-71(4)77(92(104-80)91-93-90(72(5)81(105-93)68-82(75)102-79)96(119)109(97(91)120)22-21-107-23-30-124-31-24-107)10-12-86(113)106(8)20-18-99-94(117)73(6)101-95(118)74(7)100-85(112)17-28-122-35-40-128-45-49-132-53-57-136-60-62-137-58-54-133-50-46-129-41-36-123-29-19-98-84(111)16-27-121-34-39-127-44-48-131-52-56-135-61-63-138-59-55-134-51-47-130-42-37-125-32-25-108-87(114)13-14-88(108)115/h11,13-15,66-68,71,73-74,77,103,105,110H,9-10,12,16-65H2,1-8H3,(H,98,111)(H,99,117)(H,100,112)(H,101,118)/b15-11+,78-66?,79-67?,80-66?,81-68?,82-68?,83-67?,92-91?/t71-,73-,74-,77-/m0/s1. The fourth-order valence-corrected chi connectivity index (χ4v) is 15.1. The number of carbonyl (C=O) groups is 10. The molecule has 4 atom stereocenters. The van der Waals surface area contributed by atoms with Crippen LogP contribution in [0.3, 0.4) is 0 Å². The molecule has 0 spiro atoms. The van der Waals surface area contributed by atoms with E-state index in [1.54, 1.807) is 13.1 Å². The predicted octanol–water partition coefficient (Wildman–Crippen LogP) is 3.12. The van der Waals surface area contributed by atoms with Gasteiger partial charge in [-0.15, -0.1) is 0 Å². The Bertz CT molecular complexity index is 4560. The van der Waals surface area contributed by atoms with Gasteiger partial charge in [-0.1, -0.05) is 13.8 Å². The van der Waals surface area contributed by atoms with Gasteiger partial charge in [0.15, 0.2) is 0 Å². The van der Waals surface area contributed by atoms with Crippen molar-refractivity contribution in [1.29, 1.82) is 0 Å². The lowest BCUT2D eigenvalue weighted by Crippen LogP contribution is -2.52. The first kappa shape index (κ1) is 116. The number of H-pyrrole nitrogens is 2. The maximum atomic E-state index is 15.5. The van der Waals surface area contributed by atoms with Crippen LogP contribution in [-0.4, -0.2) is 440 Å². The Kier molecular flexibility index (Phi) is 56.2. The molecule has 5 aliphatic rings. The summed E-state index contributed by atoms with van der Waals surface area (Å²) in [5.74, 6) is -4.99. The van der Waals surface area contributed by atoms with Crippen molar-refractivity contribution < 1.29 is 148 Å². The van der Waals surface area contributed by atoms with Crippen molar-refractivity contribution in [2.75, 3.05) is 324 Å². The van der Waals surface area contributed by atoms with Gasteiger partial charge in [0.1, 0.15) is 18.7 Å². The summed E-state index contributed by atoms with van der Waals surface area (Å²) >= 11 is 0. The molecule has 1 fully saturated rings. The number of aliphatic hydroxyl groups excluding tert-OH is 1. The first-order chi connectivity index (χ1) is 68.1. The SMILES string of the molecule is CCC1=C(C)c2cc3[nH]c(cc4nc(c5c6[nH]c(cc1n2)c(C)c6C(=O)N(CCN1CCOCC1)C5=O)[C@@H](CCC(=O)N(C)CCNC(=O)[C@H](C)NC(=O)[C@H](C)NC(=O)CCOCCOCCOCCOCCOCCOCCOCCOCCNC(=O)CCOCCOCCOCCOCCOCCOCCOCCOCCN1C(=O)C=CC1=O)[C@@H]4C)c(C)c3/C=C/C(=O)OCCOCCOCCO. The number of carbonyl (C=O) groups excluding carboxylic acids is 10. The zero-order chi connectivity index (χ0) is 100. The summed E-state index contributed by atoms with van der Waals surface area (Å²) < 4.78 is 110. The highest BCUT2D eigenvalue weighted by Gasteiger charge is 2.42. The molecule has 8 bridgehead atoms. The van der Waals surface area contributed by atoms with Crippen LogP contribution in [0.15, 0.2) is 36.4 Å². The molecule has 8 rings (SSSR count). The first-order valence-electron chi connectivity index (χ1n) is 48.5. The van der Waals surface area contributed by atoms with Crippen LogP contribution in [0, 0.1) is 13.8 Å². The van der Waals surface area contributed by atoms with Crippen LogP contribution >= 0.6 is 0 Å². The van der Waals surface area contributed by atoms with Gasteiger partial charge in [0.2, 0.25) is 29.5 Å². The number of allylic oxidation sites excluding steroid dienone is 2. The van der Waals surface area contributed by atoms with E-state index in [2.05, 4.69) is 43.1 Å². The van der Waals surface area contributed by atoms with Crippen LogP contribution in [0.25, 0.3) is 39.3 Å². The van der Waals surface area contributed by atoms with Gasteiger partial charge in [-0.25, -0.2) is 9.78 Å². The molecule has 0 radical (unpaired) electrons. The Balaban J connectivity index is 0.604. The summed E-state index contributed by atoms with van der Waals surface area (Å²) in [6, 6.07) is 3.82. The number of likely N-dealkylation sites (N-methyl/N-ethyl adjacent to an activating group) is 1. The topological polar surface area (TPSA) is 494 Å². The van der Waals surface area contributed by atoms with E-state index in [0.717, 1.165) is 21.6 Å². The lowest BCUT2D eigenvalue weighted by atomic mass is 9.84. The Labute approximate surface area is 818 Å². The quantitative estimate of drug-likeness (QED) is 0.0185. The molecule has 782 valence electrons. The minimum atomic E-state index is -0.995. The van der Waals surface area contributed by atoms with Crippen molar-refractivity contribution in [2.45, 2.75) is 104 Å². The molecule has 0 aromatic carbocycles. The molecule has 3 aromatic rings. The predicted molar refractivity (Wildman–Crippen MR) is 512 cm³/mol. The fourth-order valence-electron chi connectivity index (χ4n) is 15.1. The molecule has 5 aliphatic heterocycles. The molecule has 140 heavy (non-hydrogen) atoms. The first-order valence-corrected chi connectivity index (χ1v) is 48.5. The smallest absolute Gasteiger partial charge is 0.330 e. The third kappa shape index (κ3) is 41.9. The summed E-state index contributed by atoms with van der Waals surface area (Å²) in [7, 11) is 1.63. The molecule has 8 heterocycles. The summed E-state index contributed by atoms with van der Waals surface area (Å²) in [5.41, 5.74) is 9.27. The average molecular weight is 1980 g/mol. The number of fused-ring (bicyclic) bond motifs is 8. The van der Waals surface area contributed by atoms with Gasteiger partial charge in [-0.2, -0.15) is 0 Å². The Morgan fingerprint density at radius 1 is 0.493 bits per heavy atom. The monoisotopic (exact) mass is 1980 g/mol. The van der Waals surface area contributed by atoms with E-state index in [9.17, 15) is 43.2 Å². The van der Waals surface area contributed by atoms with Crippen molar-refractivity contribution in [3.8, 4) is 0 Å². The third-order valence-electron chi connectivity index (χ3n) is 23.0. The number of nitrogens with one attached hydrogen (secondary N) is 6. The molecule has 43 nitrogen and oxygen atoms in total. The summed E-state index contributed by atoms with van der Waals surface area (Å²) in [6.07, 6.45) is 6.63. The van der Waals surface area contributed by atoms with Crippen LogP contribution in [0.2, 0.25) is 0 Å². The second-order valence-corrected chi connectivity index (χ2v) is 33.0. The van der Waals surface area contributed by atoms with Gasteiger partial charge in [0.25, 0.3) is 23.6 Å². The number of aryl methyl sites for hydroxylation is 2. The summed E-state index contributed by atoms with van der Waals surface area (Å²) in [5, 5.41) is 19.8. The van der Waals surface area contributed by atoms with E-state index < -0.39 is 53.5 Å². The molecule has 0 saturated carbocycles. The van der Waals surface area contributed by atoms with E-state index in [0.29, 0.717) is 286 Å². The zero-order valence-corrected chi connectivity index (χ0v) is 82.7. The molecular formula is C97H148N12O31. The van der Waals surface area contributed by atoms with Gasteiger partial charge < -0.3 is 136 Å². The average Bonchev–Trinajstić information content (AvgIpc) is 1.57. The second-order valence-electron chi connectivity index (χ2n) is 33.0. The van der Waals surface area contributed by atoms with Crippen LogP contribution < -0.4 is 21.3 Å². The number of aromatic amines is 2. The van der Waals surface area contributed by atoms with E-state index in [1.807, 2.05) is 45.9 Å². The van der Waals surface area contributed by atoms with Crippen LogP contribution in [0.5, 0.6) is 0 Å². The number of nitrogens with zero attached hydrogens (tertiary/aromatic N) is 6. The highest BCUT2D eigenvalue weighted by Crippen LogP contribution is 2.45. The lowest BCUT2D eigenvalue weighted by molar-refractivity contribution is -0.140. The highest BCUT2D eigenvalue weighted by molar-refractivity contribution is 6.23. The minimum absolute atomic E-state index is 0.00542. The second kappa shape index (κ2) is 68.0. The number of morpholine rings is 1. The molecule has 1 saturated heterocycles. The molecule has 9 amide bonds. The normalized spacial score (nSPS) is 15.4. The molecule has 0 aliphatic carbocycles. The molecule has 3 aromatic heterocycles. The number of aromatic nitrogens is 4. The number of esters is 1. The molecule has 0 unspecified atom stereocenters. The number of amides is 9. The largest absolute Gasteiger partial charge is 0.460 e. The number of ether oxygens (including phenoxy) is 20. The van der Waals surface area contributed by atoms with E-state index in [4.69, 9.17) is 110 Å². The van der Waals surface area contributed by atoms with Crippen molar-refractivity contribution in [1.82, 2.24) is 60.8 Å². The third-order valence-corrected chi connectivity index (χ3v) is 23.0. The maximum absolute atomic E-state index is 15.5. The van der Waals surface area contributed by atoms with Crippen molar-refractivity contribution in [2.24, 2.45) is 0 Å². The van der Waals surface area contributed by atoms with Crippen LogP contribution in [-0.2, 0) is 133 Å². The fraction of sp³-hybridized carbons (Fsp3) is 0.670. The number of imide groups is 2. The van der Waals surface area contributed by atoms with Crippen LogP contribution in [0.1, 0.15) is 139 Å². The highest BCUT2D eigenvalue weighted by atomic mass is 16.6. The Hall–Kier alpha value is -9.40. The maximum Gasteiger partial charge on any atom is 0.330 e. The van der Waals surface area contributed by atoms with Gasteiger partial charge in [-0.3, -0.25) is 62.8 Å². The zero-order valence-electron chi connectivity index (χ0n) is 82.7. The Morgan fingerprint density at radius 2 is 0.950 bits per heavy atom. The van der Waals surface area contributed by atoms with Crippen LogP contribution in [0.4, 0.5) is 0 Å². The van der Waals surface area contributed by atoms with Crippen molar-refractivity contribution in [3.05, 3.63) is 87.0 Å².